The number of para-hydroxylation sites is 1. The molecule has 0 saturated carbocycles. The number of hydrogen-bond donors (Lipinski definition) is 1. The number of rotatable bonds is 6. The van der Waals surface area contributed by atoms with Crippen LogP contribution in [0.3, 0.4) is 0 Å². The summed E-state index contributed by atoms with van der Waals surface area (Å²) in [6.07, 6.45) is 2.05. The number of benzene rings is 2. The second-order valence-electron chi connectivity index (χ2n) is 5.42. The molecule has 0 amide bonds. The van der Waals surface area contributed by atoms with Crippen LogP contribution in [-0.4, -0.2) is 33.3 Å². The van der Waals surface area contributed by atoms with Gasteiger partial charge >= 0.3 is 0 Å². The van der Waals surface area contributed by atoms with Crippen molar-refractivity contribution >= 4 is 36.5 Å². The van der Waals surface area contributed by atoms with Crippen molar-refractivity contribution in [3.8, 4) is 5.75 Å². The number of aromatic nitrogens is 1. The fourth-order valence-corrected chi connectivity index (χ4v) is 4.22. The molecule has 0 aliphatic carbocycles. The van der Waals surface area contributed by atoms with E-state index in [1.807, 2.05) is 30.3 Å². The molecule has 0 fully saturated rings. The van der Waals surface area contributed by atoms with E-state index in [0.29, 0.717) is 5.52 Å². The minimum Gasteiger partial charge on any atom is -0.497 e. The molecule has 0 saturated heterocycles. The molecule has 1 heterocycles. The Morgan fingerprint density at radius 2 is 1.92 bits per heavy atom. The maximum absolute atomic E-state index is 11.8. The van der Waals surface area contributed by atoms with Crippen molar-refractivity contribution in [2.24, 2.45) is 0 Å². The van der Waals surface area contributed by atoms with Crippen molar-refractivity contribution < 1.29 is 13.2 Å². The lowest BCUT2D eigenvalue weighted by Crippen LogP contribution is -2.04. The van der Waals surface area contributed by atoms with Crippen molar-refractivity contribution in [3.63, 3.8) is 0 Å². The van der Waals surface area contributed by atoms with E-state index in [2.05, 4.69) is 10.3 Å². The van der Waals surface area contributed by atoms with E-state index in [-0.39, 0.29) is 4.90 Å². The third-order valence-corrected chi connectivity index (χ3v) is 5.74. The molecule has 126 valence electrons. The van der Waals surface area contributed by atoms with Crippen molar-refractivity contribution in [3.05, 3.63) is 48.0 Å². The van der Waals surface area contributed by atoms with Gasteiger partial charge in [0.05, 0.1) is 16.7 Å². The van der Waals surface area contributed by atoms with Gasteiger partial charge in [-0.15, -0.1) is 0 Å². The lowest BCUT2D eigenvalue weighted by atomic mass is 10.1. The lowest BCUT2D eigenvalue weighted by molar-refractivity contribution is 0.414. The van der Waals surface area contributed by atoms with Crippen LogP contribution in [0.5, 0.6) is 5.75 Å². The van der Waals surface area contributed by atoms with E-state index in [0.717, 1.165) is 28.5 Å². The average molecular weight is 362 g/mol. The minimum absolute atomic E-state index is 0.277. The fraction of sp³-hybridized carbons (Fsp3) is 0.235. The van der Waals surface area contributed by atoms with Gasteiger partial charge in [0.1, 0.15) is 11.3 Å². The van der Waals surface area contributed by atoms with Crippen LogP contribution in [0.2, 0.25) is 0 Å². The standard InChI is InChI=1S/C17H18N2O3S2/c1-22-13-8-6-12(7-9-13)10-11-18-17-19-16-14(23-17)4-3-5-15(16)24(2,20)21/h3-9H,10-11H2,1-2H3,(H,18,19). The molecule has 0 aliphatic heterocycles. The first-order chi connectivity index (χ1) is 11.5. The Morgan fingerprint density at radius 3 is 2.58 bits per heavy atom. The first-order valence-electron chi connectivity index (χ1n) is 7.44. The molecule has 0 bridgehead atoms. The van der Waals surface area contributed by atoms with E-state index < -0.39 is 9.84 Å². The highest BCUT2D eigenvalue weighted by atomic mass is 32.2. The Kier molecular flexibility index (Phi) is 4.73. The Balaban J connectivity index is 1.71. The van der Waals surface area contributed by atoms with Gasteiger partial charge in [-0.2, -0.15) is 0 Å². The van der Waals surface area contributed by atoms with Gasteiger partial charge < -0.3 is 10.1 Å². The monoisotopic (exact) mass is 362 g/mol. The van der Waals surface area contributed by atoms with Crippen molar-refractivity contribution in [2.45, 2.75) is 11.3 Å². The Morgan fingerprint density at radius 1 is 1.17 bits per heavy atom. The fourth-order valence-electron chi connectivity index (χ4n) is 2.40. The molecule has 0 aliphatic rings. The number of nitrogens with zero attached hydrogens (tertiary/aromatic N) is 1. The number of sulfone groups is 1. The molecular weight excluding hydrogens is 344 g/mol. The van der Waals surface area contributed by atoms with E-state index in [4.69, 9.17) is 4.74 Å². The smallest absolute Gasteiger partial charge is 0.183 e. The molecule has 5 nitrogen and oxygen atoms in total. The predicted octanol–water partition coefficient (Wildman–Crippen LogP) is 3.36. The number of nitrogens with one attached hydrogen (secondary N) is 1. The Hall–Kier alpha value is -2.12. The zero-order valence-corrected chi connectivity index (χ0v) is 15.1. The SMILES string of the molecule is COc1ccc(CCNc2nc3c(S(C)(=O)=O)cccc3s2)cc1. The Labute approximate surface area is 145 Å². The summed E-state index contributed by atoms with van der Waals surface area (Å²) in [6.45, 7) is 0.723. The third kappa shape index (κ3) is 3.68. The van der Waals surface area contributed by atoms with Crippen LogP contribution in [0.15, 0.2) is 47.4 Å². The highest BCUT2D eigenvalue weighted by Gasteiger charge is 2.15. The summed E-state index contributed by atoms with van der Waals surface area (Å²) in [5.41, 5.74) is 1.73. The van der Waals surface area contributed by atoms with Crippen LogP contribution < -0.4 is 10.1 Å². The van der Waals surface area contributed by atoms with E-state index in [1.165, 1.54) is 23.2 Å². The number of hydrogen-bond acceptors (Lipinski definition) is 6. The molecule has 3 aromatic rings. The number of ether oxygens (including phenoxy) is 1. The number of anilines is 1. The summed E-state index contributed by atoms with van der Waals surface area (Å²) in [6, 6.07) is 13.2. The summed E-state index contributed by atoms with van der Waals surface area (Å²) < 4.78 is 29.7. The van der Waals surface area contributed by atoms with Crippen LogP contribution in [0.1, 0.15) is 5.56 Å². The maximum atomic E-state index is 11.8. The Bertz CT molecular complexity index is 948. The van der Waals surface area contributed by atoms with Crippen LogP contribution in [0, 0.1) is 0 Å². The second kappa shape index (κ2) is 6.78. The molecular formula is C17H18N2O3S2. The van der Waals surface area contributed by atoms with Crippen LogP contribution in [-0.2, 0) is 16.3 Å². The summed E-state index contributed by atoms with van der Waals surface area (Å²) >= 11 is 1.46. The van der Waals surface area contributed by atoms with Crippen LogP contribution >= 0.6 is 11.3 Å². The third-order valence-electron chi connectivity index (χ3n) is 3.63. The van der Waals surface area contributed by atoms with Gasteiger partial charge in [-0.3, -0.25) is 0 Å². The molecule has 1 N–H and O–H groups in total. The van der Waals surface area contributed by atoms with E-state index in [1.54, 1.807) is 19.2 Å². The zero-order chi connectivity index (χ0) is 17.2. The number of methoxy groups -OCH3 is 1. The summed E-state index contributed by atoms with van der Waals surface area (Å²) in [7, 11) is -1.63. The van der Waals surface area contributed by atoms with Crippen molar-refractivity contribution in [1.82, 2.24) is 4.98 Å². The van der Waals surface area contributed by atoms with Gasteiger partial charge in [0, 0.05) is 12.8 Å². The normalized spacial score (nSPS) is 11.6. The maximum Gasteiger partial charge on any atom is 0.183 e. The highest BCUT2D eigenvalue weighted by Crippen LogP contribution is 2.30. The van der Waals surface area contributed by atoms with Gasteiger partial charge in [0.25, 0.3) is 0 Å². The summed E-state index contributed by atoms with van der Waals surface area (Å²) in [5.74, 6) is 0.839. The topological polar surface area (TPSA) is 68.3 Å². The van der Waals surface area contributed by atoms with Crippen molar-refractivity contribution in [1.29, 1.82) is 0 Å². The number of fused-ring (bicyclic) bond motifs is 1. The summed E-state index contributed by atoms with van der Waals surface area (Å²) in [4.78, 5) is 4.72. The molecule has 0 unspecified atom stereocenters. The van der Waals surface area contributed by atoms with Gasteiger partial charge in [-0.25, -0.2) is 13.4 Å². The van der Waals surface area contributed by atoms with Gasteiger partial charge in [-0.1, -0.05) is 29.5 Å². The molecule has 0 spiro atoms. The van der Waals surface area contributed by atoms with Crippen molar-refractivity contribution in [2.75, 3.05) is 25.2 Å². The van der Waals surface area contributed by atoms with E-state index >= 15 is 0 Å². The first-order valence-corrected chi connectivity index (χ1v) is 10.1. The highest BCUT2D eigenvalue weighted by molar-refractivity contribution is 7.91. The van der Waals surface area contributed by atoms with E-state index in [9.17, 15) is 8.42 Å². The van der Waals surface area contributed by atoms with Crippen LogP contribution in [0.4, 0.5) is 5.13 Å². The second-order valence-corrected chi connectivity index (χ2v) is 8.43. The average Bonchev–Trinajstić information content (AvgIpc) is 2.97. The van der Waals surface area contributed by atoms with Gasteiger partial charge in [0.15, 0.2) is 15.0 Å². The first kappa shape index (κ1) is 16.7. The zero-order valence-electron chi connectivity index (χ0n) is 13.4. The summed E-state index contributed by atoms with van der Waals surface area (Å²) in [5, 5.41) is 4.00. The molecule has 2 aromatic carbocycles. The van der Waals surface area contributed by atoms with Crippen LogP contribution in [0.25, 0.3) is 10.2 Å². The van der Waals surface area contributed by atoms with Gasteiger partial charge in [0.2, 0.25) is 0 Å². The minimum atomic E-state index is -3.28. The predicted molar refractivity (Wildman–Crippen MR) is 97.9 cm³/mol. The van der Waals surface area contributed by atoms with Gasteiger partial charge in [-0.05, 0) is 36.2 Å². The molecule has 1 aromatic heterocycles. The largest absolute Gasteiger partial charge is 0.497 e. The lowest BCUT2D eigenvalue weighted by Gasteiger charge is -2.04. The molecule has 0 radical (unpaired) electrons. The molecule has 3 rings (SSSR count). The molecule has 0 atom stereocenters. The quantitative estimate of drug-likeness (QED) is 0.728. The molecule has 24 heavy (non-hydrogen) atoms. The molecule has 7 heteroatoms. The number of thiazole rings is 1.